The lowest BCUT2D eigenvalue weighted by molar-refractivity contribution is 0.126. The molecule has 0 aliphatic heterocycles. The van der Waals surface area contributed by atoms with Crippen molar-refractivity contribution in [2.24, 2.45) is 5.92 Å². The minimum absolute atomic E-state index is 0.116. The molecule has 2 rings (SSSR count). The number of hydrogen-bond donors (Lipinski definition) is 1. The third-order valence-electron chi connectivity index (χ3n) is 3.36. The summed E-state index contributed by atoms with van der Waals surface area (Å²) in [5, 5.41) is 9.83. The predicted molar refractivity (Wildman–Crippen MR) is 54.4 cm³/mol. The average Bonchev–Trinajstić information content (AvgIpc) is 2.29. The topological polar surface area (TPSA) is 20.2 Å². The van der Waals surface area contributed by atoms with Crippen molar-refractivity contribution in [2.45, 2.75) is 45.1 Å². The number of aliphatic hydroxyl groups is 1. The molecule has 72 valence electrons. The number of allylic oxidation sites excluding steroid dienone is 3. The molecule has 0 amide bonds. The largest absolute Gasteiger partial charge is 0.393 e. The number of aliphatic hydroxyl groups excluding tert-OH is 1. The summed E-state index contributed by atoms with van der Waals surface area (Å²) in [5.74, 6) is 0.356. The van der Waals surface area contributed by atoms with E-state index in [4.69, 9.17) is 0 Å². The third kappa shape index (κ3) is 1.71. The van der Waals surface area contributed by atoms with E-state index in [0.29, 0.717) is 5.92 Å². The summed E-state index contributed by atoms with van der Waals surface area (Å²) >= 11 is 0. The van der Waals surface area contributed by atoms with E-state index in [2.05, 4.69) is 19.1 Å². The van der Waals surface area contributed by atoms with Gasteiger partial charge >= 0.3 is 0 Å². The van der Waals surface area contributed by atoms with Gasteiger partial charge in [0.2, 0.25) is 0 Å². The van der Waals surface area contributed by atoms with Gasteiger partial charge < -0.3 is 5.11 Å². The van der Waals surface area contributed by atoms with Crippen molar-refractivity contribution in [1.29, 1.82) is 0 Å². The van der Waals surface area contributed by atoms with Crippen LogP contribution in [-0.2, 0) is 0 Å². The minimum Gasteiger partial charge on any atom is -0.393 e. The highest BCUT2D eigenvalue weighted by Crippen LogP contribution is 2.34. The standard InChI is InChI=1S/C12H18O/c1-9-11-7-3-2-5-10(11)6-4-8-12(9)13/h3,7,9,12-13H,2,4-6,8H2,1H3. The summed E-state index contributed by atoms with van der Waals surface area (Å²) in [4.78, 5) is 0. The van der Waals surface area contributed by atoms with Crippen LogP contribution in [0.15, 0.2) is 23.3 Å². The Morgan fingerprint density at radius 3 is 3.08 bits per heavy atom. The molecule has 2 aliphatic carbocycles. The van der Waals surface area contributed by atoms with Gasteiger partial charge in [0.05, 0.1) is 6.10 Å². The summed E-state index contributed by atoms with van der Waals surface area (Å²) in [6, 6.07) is 0. The number of rotatable bonds is 0. The van der Waals surface area contributed by atoms with Gasteiger partial charge in [-0.2, -0.15) is 0 Å². The highest BCUT2D eigenvalue weighted by Gasteiger charge is 2.23. The first-order chi connectivity index (χ1) is 6.29. The minimum atomic E-state index is -0.116. The molecule has 0 bridgehead atoms. The summed E-state index contributed by atoms with van der Waals surface area (Å²) in [6.07, 6.45) is 10.1. The van der Waals surface area contributed by atoms with Gasteiger partial charge in [0.15, 0.2) is 0 Å². The first-order valence-corrected chi connectivity index (χ1v) is 5.35. The maximum atomic E-state index is 9.83. The molecule has 0 aromatic heterocycles. The van der Waals surface area contributed by atoms with Crippen molar-refractivity contribution in [3.63, 3.8) is 0 Å². The second-order valence-electron chi connectivity index (χ2n) is 4.25. The van der Waals surface area contributed by atoms with E-state index in [1.807, 2.05) is 0 Å². The average molecular weight is 178 g/mol. The van der Waals surface area contributed by atoms with Crippen LogP contribution in [0.2, 0.25) is 0 Å². The molecule has 13 heavy (non-hydrogen) atoms. The van der Waals surface area contributed by atoms with Crippen LogP contribution in [0, 0.1) is 5.92 Å². The Balaban J connectivity index is 2.28. The van der Waals surface area contributed by atoms with Crippen molar-refractivity contribution in [1.82, 2.24) is 0 Å². The lowest BCUT2D eigenvalue weighted by Crippen LogP contribution is -2.18. The Kier molecular flexibility index (Phi) is 2.54. The van der Waals surface area contributed by atoms with Crippen molar-refractivity contribution >= 4 is 0 Å². The molecule has 0 aromatic carbocycles. The Morgan fingerprint density at radius 2 is 2.23 bits per heavy atom. The van der Waals surface area contributed by atoms with Crippen molar-refractivity contribution in [2.75, 3.05) is 0 Å². The SMILES string of the molecule is CC1C2=C(CCC=C2)CCCC1O. The molecule has 1 N–H and O–H groups in total. The zero-order chi connectivity index (χ0) is 9.26. The van der Waals surface area contributed by atoms with Crippen LogP contribution < -0.4 is 0 Å². The Hall–Kier alpha value is -0.560. The molecular formula is C12H18O. The summed E-state index contributed by atoms with van der Waals surface area (Å²) < 4.78 is 0. The molecule has 1 nitrogen and oxygen atoms in total. The molecule has 1 heteroatoms. The fourth-order valence-corrected chi connectivity index (χ4v) is 2.46. The third-order valence-corrected chi connectivity index (χ3v) is 3.36. The van der Waals surface area contributed by atoms with E-state index >= 15 is 0 Å². The molecule has 0 fully saturated rings. The molecule has 0 spiro atoms. The maximum absolute atomic E-state index is 9.83. The monoisotopic (exact) mass is 178 g/mol. The molecular weight excluding hydrogens is 160 g/mol. The van der Waals surface area contributed by atoms with Gasteiger partial charge in [0, 0.05) is 5.92 Å². The zero-order valence-corrected chi connectivity index (χ0v) is 8.29. The van der Waals surface area contributed by atoms with Crippen LogP contribution in [0.1, 0.15) is 39.0 Å². The Morgan fingerprint density at radius 1 is 1.38 bits per heavy atom. The van der Waals surface area contributed by atoms with E-state index in [-0.39, 0.29) is 6.10 Å². The highest BCUT2D eigenvalue weighted by atomic mass is 16.3. The van der Waals surface area contributed by atoms with E-state index in [1.165, 1.54) is 24.8 Å². The van der Waals surface area contributed by atoms with E-state index < -0.39 is 0 Å². The van der Waals surface area contributed by atoms with Crippen LogP contribution in [0.25, 0.3) is 0 Å². The van der Waals surface area contributed by atoms with Crippen molar-refractivity contribution < 1.29 is 5.11 Å². The first-order valence-electron chi connectivity index (χ1n) is 5.35. The summed E-state index contributed by atoms with van der Waals surface area (Å²) in [7, 11) is 0. The van der Waals surface area contributed by atoms with E-state index in [9.17, 15) is 5.11 Å². The number of hydrogen-bond acceptors (Lipinski definition) is 1. The molecule has 2 unspecified atom stereocenters. The van der Waals surface area contributed by atoms with Crippen LogP contribution in [0.3, 0.4) is 0 Å². The Labute approximate surface area is 80.2 Å². The quantitative estimate of drug-likeness (QED) is 0.604. The maximum Gasteiger partial charge on any atom is 0.0606 e. The lowest BCUT2D eigenvalue weighted by Gasteiger charge is -2.21. The second kappa shape index (κ2) is 3.67. The fourth-order valence-electron chi connectivity index (χ4n) is 2.46. The van der Waals surface area contributed by atoms with Crippen molar-refractivity contribution in [3.8, 4) is 0 Å². The summed E-state index contributed by atoms with van der Waals surface area (Å²) in [5.41, 5.74) is 3.03. The second-order valence-corrected chi connectivity index (χ2v) is 4.25. The molecule has 2 atom stereocenters. The van der Waals surface area contributed by atoms with Gasteiger partial charge in [-0.1, -0.05) is 24.6 Å². The Bertz CT molecular complexity index is 250. The van der Waals surface area contributed by atoms with Crippen molar-refractivity contribution in [3.05, 3.63) is 23.3 Å². The van der Waals surface area contributed by atoms with Gasteiger partial charge in [-0.3, -0.25) is 0 Å². The van der Waals surface area contributed by atoms with Gasteiger partial charge in [-0.25, -0.2) is 0 Å². The van der Waals surface area contributed by atoms with Crippen LogP contribution in [0.4, 0.5) is 0 Å². The van der Waals surface area contributed by atoms with Gasteiger partial charge in [-0.15, -0.1) is 0 Å². The van der Waals surface area contributed by atoms with Gasteiger partial charge in [-0.05, 0) is 37.7 Å². The highest BCUT2D eigenvalue weighted by molar-refractivity contribution is 5.32. The predicted octanol–water partition coefficient (Wildman–Crippen LogP) is 2.81. The van der Waals surface area contributed by atoms with Gasteiger partial charge in [0.25, 0.3) is 0 Å². The molecule has 0 aromatic rings. The lowest BCUT2D eigenvalue weighted by atomic mass is 9.87. The molecule has 0 heterocycles. The molecule has 0 saturated carbocycles. The smallest absolute Gasteiger partial charge is 0.0606 e. The van der Waals surface area contributed by atoms with Crippen LogP contribution in [0.5, 0.6) is 0 Å². The summed E-state index contributed by atoms with van der Waals surface area (Å²) in [6.45, 7) is 2.15. The van der Waals surface area contributed by atoms with E-state index in [1.54, 1.807) is 5.57 Å². The normalized spacial score (nSPS) is 34.3. The molecule has 0 saturated heterocycles. The molecule has 2 aliphatic rings. The zero-order valence-electron chi connectivity index (χ0n) is 8.29. The first kappa shape index (κ1) is 9.01. The van der Waals surface area contributed by atoms with Crippen LogP contribution >= 0.6 is 0 Å². The fraction of sp³-hybridized carbons (Fsp3) is 0.667. The molecule has 0 radical (unpaired) electrons. The van der Waals surface area contributed by atoms with E-state index in [0.717, 1.165) is 12.8 Å². The van der Waals surface area contributed by atoms with Crippen LogP contribution in [-0.4, -0.2) is 11.2 Å². The van der Waals surface area contributed by atoms with Gasteiger partial charge in [0.1, 0.15) is 0 Å².